The van der Waals surface area contributed by atoms with Gasteiger partial charge < -0.3 is 4.90 Å². The third-order valence-corrected chi connectivity index (χ3v) is 3.33. The van der Waals surface area contributed by atoms with Crippen LogP contribution in [-0.4, -0.2) is 16.6 Å². The van der Waals surface area contributed by atoms with Gasteiger partial charge in [-0.25, -0.2) is 4.99 Å². The highest BCUT2D eigenvalue weighted by Crippen LogP contribution is 2.36. The molecular formula is C14H9N3O. The topological polar surface area (TPSA) is 45.6 Å². The van der Waals surface area contributed by atoms with Crippen molar-refractivity contribution in [3.05, 3.63) is 53.9 Å². The lowest BCUT2D eigenvalue weighted by molar-refractivity contribution is 0.106. The third-order valence-electron chi connectivity index (χ3n) is 3.33. The number of amidine groups is 1. The summed E-state index contributed by atoms with van der Waals surface area (Å²) < 4.78 is 0. The second-order valence-corrected chi connectivity index (χ2v) is 4.37. The minimum absolute atomic E-state index is 0.00747. The molecule has 3 heterocycles. The first-order valence-corrected chi connectivity index (χ1v) is 5.77. The average Bonchev–Trinajstić information content (AvgIpc) is 2.71. The molecule has 0 radical (unpaired) electrons. The molecule has 2 aromatic rings. The number of rotatable bonds is 0. The molecule has 0 atom stereocenters. The number of carbonyl (C=O) groups is 1. The molecule has 0 fully saturated rings. The predicted molar refractivity (Wildman–Crippen MR) is 68.3 cm³/mol. The van der Waals surface area contributed by atoms with Gasteiger partial charge in [0.05, 0.1) is 17.9 Å². The first-order valence-electron chi connectivity index (χ1n) is 5.77. The summed E-state index contributed by atoms with van der Waals surface area (Å²) in [6.45, 7) is 0.658. The molecule has 0 bridgehead atoms. The maximum absolute atomic E-state index is 12.3. The number of hydrogen-bond acceptors (Lipinski definition) is 4. The molecular weight excluding hydrogens is 226 g/mol. The maximum Gasteiger partial charge on any atom is 0.230 e. The van der Waals surface area contributed by atoms with Crippen LogP contribution in [0.1, 0.15) is 15.9 Å². The number of pyridine rings is 1. The van der Waals surface area contributed by atoms with Crippen LogP contribution in [0.15, 0.2) is 47.7 Å². The molecule has 1 aromatic heterocycles. The number of nitrogens with zero attached hydrogens (tertiary/aromatic N) is 3. The average molecular weight is 235 g/mol. The Morgan fingerprint density at radius 3 is 3.00 bits per heavy atom. The summed E-state index contributed by atoms with van der Waals surface area (Å²) in [5.41, 5.74) is 3.57. The molecule has 2 aliphatic rings. The summed E-state index contributed by atoms with van der Waals surface area (Å²) in [6.07, 6.45) is 3.51. The van der Waals surface area contributed by atoms with E-state index in [2.05, 4.69) is 9.98 Å². The van der Waals surface area contributed by atoms with Crippen molar-refractivity contribution in [3.63, 3.8) is 0 Å². The van der Waals surface area contributed by atoms with E-state index < -0.39 is 0 Å². The number of anilines is 1. The molecule has 0 spiro atoms. The first-order chi connectivity index (χ1) is 8.84. The van der Waals surface area contributed by atoms with E-state index in [0.717, 1.165) is 22.5 Å². The standard InChI is InChI=1S/C14H9N3O/c18-13-10-3-1-2-4-12(10)17-8-9-7-15-6-5-11(9)16-14(13)17/h1-7H,8H2. The summed E-state index contributed by atoms with van der Waals surface area (Å²) in [4.78, 5) is 22.8. The summed E-state index contributed by atoms with van der Waals surface area (Å²) in [5.74, 6) is 0.531. The fourth-order valence-electron chi connectivity index (χ4n) is 2.46. The first kappa shape index (κ1) is 9.53. The molecule has 0 N–H and O–H groups in total. The molecule has 0 saturated heterocycles. The number of benzene rings is 1. The van der Waals surface area contributed by atoms with Gasteiger partial charge in [-0.3, -0.25) is 9.78 Å². The van der Waals surface area contributed by atoms with Gasteiger partial charge in [0.2, 0.25) is 5.78 Å². The Labute approximate surface area is 104 Å². The smallest absolute Gasteiger partial charge is 0.230 e. The van der Waals surface area contributed by atoms with Crippen LogP contribution in [0.25, 0.3) is 0 Å². The monoisotopic (exact) mass is 235 g/mol. The van der Waals surface area contributed by atoms with E-state index in [4.69, 9.17) is 0 Å². The van der Waals surface area contributed by atoms with E-state index in [1.54, 1.807) is 12.4 Å². The number of ketones is 1. The van der Waals surface area contributed by atoms with E-state index in [1.165, 1.54) is 0 Å². The fraction of sp³-hybridized carbons (Fsp3) is 0.0714. The van der Waals surface area contributed by atoms with Crippen LogP contribution < -0.4 is 4.90 Å². The van der Waals surface area contributed by atoms with Gasteiger partial charge in [-0.05, 0) is 18.2 Å². The van der Waals surface area contributed by atoms with Crippen LogP contribution in [0.5, 0.6) is 0 Å². The summed E-state index contributed by atoms with van der Waals surface area (Å²) in [6, 6.07) is 9.47. The second kappa shape index (κ2) is 3.26. The van der Waals surface area contributed by atoms with Crippen LogP contribution in [0.2, 0.25) is 0 Å². The van der Waals surface area contributed by atoms with Gasteiger partial charge in [0.25, 0.3) is 0 Å². The van der Waals surface area contributed by atoms with Crippen molar-refractivity contribution in [2.45, 2.75) is 6.54 Å². The summed E-state index contributed by atoms with van der Waals surface area (Å²) >= 11 is 0. The van der Waals surface area contributed by atoms with Crippen molar-refractivity contribution in [1.82, 2.24) is 4.98 Å². The Bertz CT molecular complexity index is 706. The van der Waals surface area contributed by atoms with Crippen LogP contribution >= 0.6 is 0 Å². The molecule has 2 aliphatic heterocycles. The lowest BCUT2D eigenvalue weighted by atomic mass is 10.1. The summed E-state index contributed by atoms with van der Waals surface area (Å²) in [7, 11) is 0. The number of para-hydroxylation sites is 1. The minimum Gasteiger partial charge on any atom is -0.318 e. The van der Waals surface area contributed by atoms with Gasteiger partial charge in [-0.1, -0.05) is 12.1 Å². The Morgan fingerprint density at radius 1 is 1.17 bits per heavy atom. The third kappa shape index (κ3) is 1.12. The zero-order valence-corrected chi connectivity index (χ0v) is 9.50. The quantitative estimate of drug-likeness (QED) is 0.704. The van der Waals surface area contributed by atoms with Gasteiger partial charge in [-0.15, -0.1) is 0 Å². The van der Waals surface area contributed by atoms with Crippen LogP contribution in [0.3, 0.4) is 0 Å². The van der Waals surface area contributed by atoms with Gasteiger partial charge in [0, 0.05) is 23.5 Å². The zero-order valence-electron chi connectivity index (χ0n) is 9.50. The number of fused-ring (bicyclic) bond motifs is 4. The molecule has 0 saturated carbocycles. The van der Waals surface area contributed by atoms with Gasteiger partial charge in [0.1, 0.15) is 0 Å². The van der Waals surface area contributed by atoms with Crippen LogP contribution in [0, 0.1) is 0 Å². The van der Waals surface area contributed by atoms with E-state index in [9.17, 15) is 4.79 Å². The van der Waals surface area contributed by atoms with E-state index in [1.807, 2.05) is 35.2 Å². The number of aliphatic imine (C=N–C) groups is 1. The van der Waals surface area contributed by atoms with Crippen molar-refractivity contribution in [1.29, 1.82) is 0 Å². The van der Waals surface area contributed by atoms with Crippen molar-refractivity contribution in [2.75, 3.05) is 4.90 Å². The van der Waals surface area contributed by atoms with Gasteiger partial charge >= 0.3 is 0 Å². The zero-order chi connectivity index (χ0) is 12.1. The lowest BCUT2D eigenvalue weighted by Crippen LogP contribution is -2.31. The second-order valence-electron chi connectivity index (χ2n) is 4.37. The highest BCUT2D eigenvalue weighted by molar-refractivity contribution is 6.54. The Balaban J connectivity index is 1.95. The van der Waals surface area contributed by atoms with Crippen molar-refractivity contribution in [3.8, 4) is 0 Å². The molecule has 86 valence electrons. The Morgan fingerprint density at radius 2 is 2.06 bits per heavy atom. The molecule has 0 amide bonds. The highest BCUT2D eigenvalue weighted by Gasteiger charge is 2.36. The molecule has 4 heteroatoms. The van der Waals surface area contributed by atoms with Gasteiger partial charge in [0.15, 0.2) is 5.84 Å². The van der Waals surface area contributed by atoms with E-state index >= 15 is 0 Å². The molecule has 0 aliphatic carbocycles. The van der Waals surface area contributed by atoms with Crippen molar-refractivity contribution >= 4 is 23.0 Å². The SMILES string of the molecule is O=C1C2=Nc3ccncc3CN2c2ccccc21. The molecule has 0 unspecified atom stereocenters. The normalized spacial score (nSPS) is 15.9. The number of Topliss-reactive ketones (excluding diaryl/α,β-unsaturated/α-hetero) is 1. The molecule has 1 aromatic carbocycles. The van der Waals surface area contributed by atoms with Crippen LogP contribution in [0.4, 0.5) is 11.4 Å². The van der Waals surface area contributed by atoms with E-state index in [-0.39, 0.29) is 5.78 Å². The fourth-order valence-corrected chi connectivity index (χ4v) is 2.46. The lowest BCUT2D eigenvalue weighted by Gasteiger charge is -2.24. The van der Waals surface area contributed by atoms with Crippen molar-refractivity contribution < 1.29 is 4.79 Å². The molecule has 18 heavy (non-hydrogen) atoms. The number of carbonyl (C=O) groups excluding carboxylic acids is 1. The summed E-state index contributed by atoms with van der Waals surface area (Å²) in [5, 5.41) is 0. The Hall–Kier alpha value is -2.49. The van der Waals surface area contributed by atoms with Gasteiger partial charge in [-0.2, -0.15) is 0 Å². The maximum atomic E-state index is 12.3. The largest absolute Gasteiger partial charge is 0.318 e. The minimum atomic E-state index is 0.00747. The highest BCUT2D eigenvalue weighted by atomic mass is 16.1. The predicted octanol–water partition coefficient (Wildman–Crippen LogP) is 2.33. The van der Waals surface area contributed by atoms with E-state index in [0.29, 0.717) is 12.4 Å². The Kier molecular flexibility index (Phi) is 1.73. The number of hydrogen-bond donors (Lipinski definition) is 0. The number of aromatic nitrogens is 1. The van der Waals surface area contributed by atoms with Crippen molar-refractivity contribution in [2.24, 2.45) is 4.99 Å². The molecule has 4 rings (SSSR count). The van der Waals surface area contributed by atoms with Crippen LogP contribution in [-0.2, 0) is 6.54 Å². The molecule has 4 nitrogen and oxygen atoms in total.